The largest absolute Gasteiger partial charge is 0.299 e. The molecule has 0 spiro atoms. The van der Waals surface area contributed by atoms with E-state index in [0.717, 1.165) is 5.56 Å². The highest BCUT2D eigenvalue weighted by molar-refractivity contribution is 8.24. The maximum atomic E-state index is 13.4. The molecule has 0 saturated carbocycles. The van der Waals surface area contributed by atoms with E-state index in [1.54, 1.807) is 49.4 Å². The summed E-state index contributed by atoms with van der Waals surface area (Å²) in [6.07, 6.45) is 2.28. The molecule has 12 heteroatoms. The average molecular weight is 562 g/mol. The predicted octanol–water partition coefficient (Wildman–Crippen LogP) is 4.44. The Morgan fingerprint density at radius 3 is 2.22 bits per heavy atom. The average Bonchev–Trinajstić information content (AvgIpc) is 3.22. The van der Waals surface area contributed by atoms with Crippen LogP contribution in [0.5, 0.6) is 0 Å². The third-order valence-corrected chi connectivity index (χ3v) is 11.6. The molecule has 9 nitrogen and oxygen atoms in total. The number of aromatic nitrogens is 2. The topological polar surface area (TPSA) is 139 Å². The van der Waals surface area contributed by atoms with E-state index in [9.17, 15) is 25.9 Å². The van der Waals surface area contributed by atoms with Gasteiger partial charge in [0.15, 0.2) is 5.65 Å². The SMILES string of the molecule is Cc1cc2c(-c3ccc(S(=O)(=O)NC4CCS(O)(O)CC4)cc3)ccnc2n1S(=O)(=O)c1ccccc1. The molecule has 0 bridgehead atoms. The Labute approximate surface area is 217 Å². The van der Waals surface area contributed by atoms with Crippen molar-refractivity contribution in [2.75, 3.05) is 11.5 Å². The number of fused-ring (bicyclic) bond motifs is 1. The minimum absolute atomic E-state index is 0.0964. The lowest BCUT2D eigenvalue weighted by Gasteiger charge is -2.39. The summed E-state index contributed by atoms with van der Waals surface area (Å²) in [5.41, 5.74) is 2.24. The van der Waals surface area contributed by atoms with E-state index in [4.69, 9.17) is 0 Å². The quantitative estimate of drug-likeness (QED) is 0.316. The maximum Gasteiger partial charge on any atom is 0.269 e. The monoisotopic (exact) mass is 561 g/mol. The first kappa shape index (κ1) is 25.9. The smallest absolute Gasteiger partial charge is 0.269 e. The minimum Gasteiger partial charge on any atom is -0.299 e. The molecule has 2 aromatic heterocycles. The summed E-state index contributed by atoms with van der Waals surface area (Å²) in [6, 6.07) is 17.7. The van der Waals surface area contributed by atoms with Crippen LogP contribution in [-0.2, 0) is 20.0 Å². The van der Waals surface area contributed by atoms with Crippen molar-refractivity contribution in [2.45, 2.75) is 35.6 Å². The van der Waals surface area contributed by atoms with Crippen LogP contribution in [0, 0.1) is 6.92 Å². The van der Waals surface area contributed by atoms with Gasteiger partial charge in [0.05, 0.1) is 9.79 Å². The van der Waals surface area contributed by atoms with Gasteiger partial charge in [-0.25, -0.2) is 30.5 Å². The van der Waals surface area contributed by atoms with E-state index in [1.807, 2.05) is 0 Å². The first-order valence-electron chi connectivity index (χ1n) is 11.6. The first-order chi connectivity index (χ1) is 17.5. The number of benzene rings is 2. The Bertz CT molecular complexity index is 1660. The second-order valence-corrected chi connectivity index (χ2v) is 15.0. The van der Waals surface area contributed by atoms with Crippen molar-refractivity contribution >= 4 is 41.7 Å². The maximum absolute atomic E-state index is 13.4. The highest BCUT2D eigenvalue weighted by Gasteiger charge is 2.28. The number of hydrogen-bond donors (Lipinski definition) is 3. The molecule has 1 aliphatic rings. The summed E-state index contributed by atoms with van der Waals surface area (Å²) in [4.78, 5) is 4.61. The van der Waals surface area contributed by atoms with Crippen LogP contribution in [0.15, 0.2) is 82.7 Å². The van der Waals surface area contributed by atoms with E-state index in [1.165, 1.54) is 34.4 Å². The van der Waals surface area contributed by atoms with E-state index < -0.39 is 30.6 Å². The zero-order valence-electron chi connectivity index (χ0n) is 20.0. The second-order valence-electron chi connectivity index (χ2n) is 9.09. The molecule has 3 heterocycles. The number of hydrogen-bond acceptors (Lipinski definition) is 7. The van der Waals surface area contributed by atoms with Gasteiger partial charge in [-0.05, 0) is 67.3 Å². The molecular weight excluding hydrogens is 534 g/mol. The van der Waals surface area contributed by atoms with Gasteiger partial charge in [-0.15, -0.1) is 0 Å². The van der Waals surface area contributed by atoms with Crippen molar-refractivity contribution in [3.8, 4) is 11.1 Å². The van der Waals surface area contributed by atoms with E-state index in [0.29, 0.717) is 35.1 Å². The molecule has 0 aliphatic carbocycles. The fourth-order valence-corrected chi connectivity index (χ4v) is 8.93. The summed E-state index contributed by atoms with van der Waals surface area (Å²) in [7, 11) is -10.2. The van der Waals surface area contributed by atoms with Gasteiger partial charge in [0.25, 0.3) is 10.0 Å². The molecule has 0 unspecified atom stereocenters. The molecule has 0 radical (unpaired) electrons. The minimum atomic E-state index is -3.86. The van der Waals surface area contributed by atoms with Crippen LogP contribution in [-0.4, -0.2) is 52.4 Å². The van der Waals surface area contributed by atoms with Gasteiger partial charge in [-0.2, -0.15) is 10.6 Å². The number of sulfonamides is 1. The number of pyridine rings is 1. The van der Waals surface area contributed by atoms with Crippen LogP contribution in [0.1, 0.15) is 18.5 Å². The van der Waals surface area contributed by atoms with E-state index in [-0.39, 0.29) is 27.3 Å². The molecular formula is C25H27N3O6S3. The lowest BCUT2D eigenvalue weighted by molar-refractivity contribution is 0.444. The van der Waals surface area contributed by atoms with Gasteiger partial charge in [0.1, 0.15) is 0 Å². The fraction of sp³-hybridized carbons (Fsp3) is 0.240. The van der Waals surface area contributed by atoms with Crippen molar-refractivity contribution in [1.29, 1.82) is 0 Å². The van der Waals surface area contributed by atoms with Crippen molar-refractivity contribution in [1.82, 2.24) is 13.7 Å². The molecule has 0 amide bonds. The predicted molar refractivity (Wildman–Crippen MR) is 145 cm³/mol. The fourth-order valence-electron chi connectivity index (χ4n) is 4.58. The van der Waals surface area contributed by atoms with Crippen LogP contribution in [0.3, 0.4) is 0 Å². The van der Waals surface area contributed by atoms with Gasteiger partial charge in [-0.3, -0.25) is 9.11 Å². The lowest BCUT2D eigenvalue weighted by Crippen LogP contribution is -2.39. The number of aryl methyl sites for hydroxylation is 1. The molecule has 2 aromatic carbocycles. The third kappa shape index (κ3) is 5.05. The van der Waals surface area contributed by atoms with Gasteiger partial charge in [0.2, 0.25) is 10.0 Å². The summed E-state index contributed by atoms with van der Waals surface area (Å²) in [5, 5.41) is 0.634. The Hall–Kier alpha value is -2.74. The molecule has 5 rings (SSSR count). The molecule has 1 fully saturated rings. The zero-order valence-corrected chi connectivity index (χ0v) is 22.4. The van der Waals surface area contributed by atoms with Crippen LogP contribution in [0.25, 0.3) is 22.2 Å². The highest BCUT2D eigenvalue weighted by Crippen LogP contribution is 2.44. The van der Waals surface area contributed by atoms with Crippen molar-refractivity contribution in [2.24, 2.45) is 0 Å². The summed E-state index contributed by atoms with van der Waals surface area (Å²) >= 11 is 0. The third-order valence-electron chi connectivity index (χ3n) is 6.50. The molecule has 196 valence electrons. The van der Waals surface area contributed by atoms with Crippen molar-refractivity contribution in [3.05, 3.63) is 78.6 Å². The van der Waals surface area contributed by atoms with Crippen LogP contribution < -0.4 is 4.72 Å². The van der Waals surface area contributed by atoms with Gasteiger partial charge >= 0.3 is 0 Å². The summed E-state index contributed by atoms with van der Waals surface area (Å²) in [6.45, 7) is 1.71. The van der Waals surface area contributed by atoms with Gasteiger partial charge < -0.3 is 0 Å². The van der Waals surface area contributed by atoms with Gasteiger partial charge in [-0.1, -0.05) is 30.3 Å². The normalized spacial score (nSPS) is 17.6. The second kappa shape index (κ2) is 9.53. The van der Waals surface area contributed by atoms with E-state index in [2.05, 4.69) is 9.71 Å². The van der Waals surface area contributed by atoms with Crippen molar-refractivity contribution < 1.29 is 25.9 Å². The molecule has 0 atom stereocenters. The highest BCUT2D eigenvalue weighted by atomic mass is 32.3. The molecule has 1 saturated heterocycles. The summed E-state index contributed by atoms with van der Waals surface area (Å²) < 4.78 is 75.9. The van der Waals surface area contributed by atoms with Crippen molar-refractivity contribution in [3.63, 3.8) is 0 Å². The molecule has 37 heavy (non-hydrogen) atoms. The standard InChI is InChI=1S/C25H27N3O6S3/c1-18-17-24-23(11-14-26-25(24)28(18)37(33,34)22-5-3-2-4-6-22)19-7-9-21(10-8-19)36(31,32)27-20-12-15-35(29,30)16-13-20/h2-11,14,17,20,27,29-30H,12-13,15-16H2,1H3. The molecule has 1 aliphatic heterocycles. The number of rotatable bonds is 6. The zero-order chi connectivity index (χ0) is 26.4. The lowest BCUT2D eigenvalue weighted by atomic mass is 10.0. The van der Waals surface area contributed by atoms with E-state index >= 15 is 0 Å². The van der Waals surface area contributed by atoms with Gasteiger partial charge in [0, 0.05) is 34.8 Å². The van der Waals surface area contributed by atoms with Crippen LogP contribution in [0.4, 0.5) is 0 Å². The molecule has 4 aromatic rings. The first-order valence-corrected chi connectivity index (χ1v) is 16.4. The van der Waals surface area contributed by atoms with Crippen LogP contribution in [0.2, 0.25) is 0 Å². The summed E-state index contributed by atoms with van der Waals surface area (Å²) in [5.74, 6) is 0.381. The Morgan fingerprint density at radius 2 is 1.57 bits per heavy atom. The van der Waals surface area contributed by atoms with Crippen LogP contribution >= 0.6 is 10.6 Å². The Morgan fingerprint density at radius 1 is 0.919 bits per heavy atom. The number of nitrogens with one attached hydrogen (secondary N) is 1. The Kier molecular flexibility index (Phi) is 6.67. The molecule has 3 N–H and O–H groups in total. The Balaban J connectivity index is 1.46. The number of nitrogens with zero attached hydrogens (tertiary/aromatic N) is 2.